The van der Waals surface area contributed by atoms with E-state index in [1.807, 2.05) is 11.8 Å². The third-order valence-electron chi connectivity index (χ3n) is 1.33. The van der Waals surface area contributed by atoms with Crippen LogP contribution < -0.4 is 5.73 Å². The molecule has 5 heteroatoms. The van der Waals surface area contributed by atoms with E-state index in [0.29, 0.717) is 11.2 Å². The van der Waals surface area contributed by atoms with Gasteiger partial charge in [0.1, 0.15) is 6.33 Å². The van der Waals surface area contributed by atoms with Crippen LogP contribution in [0.5, 0.6) is 0 Å². The maximum Gasteiger partial charge on any atom is 0.239 e. The lowest BCUT2D eigenvalue weighted by molar-refractivity contribution is 0.666. The Bertz CT molecular complexity index is 233. The SMILES string of the molecule is CC(C)SCCn1cnc(N)n1. The van der Waals surface area contributed by atoms with Gasteiger partial charge in [-0.1, -0.05) is 13.8 Å². The van der Waals surface area contributed by atoms with Crippen LogP contribution in [0.1, 0.15) is 13.8 Å². The fourth-order valence-electron chi connectivity index (χ4n) is 0.799. The van der Waals surface area contributed by atoms with E-state index in [2.05, 4.69) is 23.9 Å². The van der Waals surface area contributed by atoms with Crippen LogP contribution in [0.3, 0.4) is 0 Å². The van der Waals surface area contributed by atoms with Crippen molar-refractivity contribution >= 4 is 17.7 Å². The molecule has 0 atom stereocenters. The Kier molecular flexibility index (Phi) is 3.40. The van der Waals surface area contributed by atoms with Gasteiger partial charge in [-0.25, -0.2) is 9.67 Å². The second-order valence-corrected chi connectivity index (χ2v) is 4.47. The quantitative estimate of drug-likeness (QED) is 0.762. The van der Waals surface area contributed by atoms with Crippen LogP contribution >= 0.6 is 11.8 Å². The zero-order chi connectivity index (χ0) is 8.97. The molecule has 0 aliphatic rings. The highest BCUT2D eigenvalue weighted by atomic mass is 32.2. The molecule has 2 N–H and O–H groups in total. The number of rotatable bonds is 4. The minimum atomic E-state index is 0.351. The summed E-state index contributed by atoms with van der Waals surface area (Å²) in [5.41, 5.74) is 5.36. The lowest BCUT2D eigenvalue weighted by Gasteiger charge is -2.03. The molecule has 0 unspecified atom stereocenters. The van der Waals surface area contributed by atoms with Gasteiger partial charge in [0.15, 0.2) is 0 Å². The van der Waals surface area contributed by atoms with Crippen molar-refractivity contribution in [2.24, 2.45) is 0 Å². The fourth-order valence-corrected chi connectivity index (χ4v) is 1.56. The van der Waals surface area contributed by atoms with Crippen LogP contribution in [0.2, 0.25) is 0 Å². The second kappa shape index (κ2) is 4.35. The molecule has 0 amide bonds. The summed E-state index contributed by atoms with van der Waals surface area (Å²) in [5, 5.41) is 4.65. The second-order valence-electron chi connectivity index (χ2n) is 2.79. The van der Waals surface area contributed by atoms with Crippen molar-refractivity contribution in [1.82, 2.24) is 14.8 Å². The van der Waals surface area contributed by atoms with E-state index < -0.39 is 0 Å². The molecule has 1 heterocycles. The van der Waals surface area contributed by atoms with Crippen LogP contribution in [0, 0.1) is 0 Å². The van der Waals surface area contributed by atoms with E-state index in [4.69, 9.17) is 5.73 Å². The number of nitrogen functional groups attached to an aromatic ring is 1. The van der Waals surface area contributed by atoms with Crippen molar-refractivity contribution in [1.29, 1.82) is 0 Å². The van der Waals surface area contributed by atoms with Crippen LogP contribution in [0.4, 0.5) is 5.95 Å². The first-order valence-electron chi connectivity index (χ1n) is 3.95. The number of aromatic nitrogens is 3. The maximum atomic E-state index is 5.36. The monoisotopic (exact) mass is 186 g/mol. The largest absolute Gasteiger partial charge is 0.367 e. The molecule has 12 heavy (non-hydrogen) atoms. The highest BCUT2D eigenvalue weighted by Crippen LogP contribution is 2.08. The van der Waals surface area contributed by atoms with Gasteiger partial charge in [-0.15, -0.1) is 5.10 Å². The average Bonchev–Trinajstić information content (AvgIpc) is 2.35. The molecule has 0 saturated heterocycles. The molecule has 0 fully saturated rings. The molecule has 0 radical (unpaired) electrons. The van der Waals surface area contributed by atoms with Gasteiger partial charge in [0.05, 0.1) is 6.54 Å². The summed E-state index contributed by atoms with van der Waals surface area (Å²) in [7, 11) is 0. The van der Waals surface area contributed by atoms with Crippen LogP contribution in [-0.4, -0.2) is 25.8 Å². The maximum absolute atomic E-state index is 5.36. The van der Waals surface area contributed by atoms with E-state index in [-0.39, 0.29) is 0 Å². The Morgan fingerprint density at radius 1 is 1.67 bits per heavy atom. The van der Waals surface area contributed by atoms with Gasteiger partial charge in [0.2, 0.25) is 5.95 Å². The molecular weight excluding hydrogens is 172 g/mol. The number of nitrogens with zero attached hydrogens (tertiary/aromatic N) is 3. The molecule has 0 aliphatic heterocycles. The number of hydrogen-bond donors (Lipinski definition) is 1. The standard InChI is InChI=1S/C7H14N4S/c1-6(2)12-4-3-11-5-9-7(8)10-11/h5-6H,3-4H2,1-2H3,(H2,8,10). The Balaban J connectivity index is 2.24. The molecule has 1 aromatic rings. The third kappa shape index (κ3) is 3.13. The van der Waals surface area contributed by atoms with Crippen molar-refractivity contribution in [3.05, 3.63) is 6.33 Å². The summed E-state index contributed by atoms with van der Waals surface area (Å²) in [4.78, 5) is 3.83. The summed E-state index contributed by atoms with van der Waals surface area (Å²) in [6.07, 6.45) is 1.66. The van der Waals surface area contributed by atoms with Gasteiger partial charge in [-0.3, -0.25) is 0 Å². The van der Waals surface area contributed by atoms with E-state index in [1.165, 1.54) is 0 Å². The number of nitrogens with two attached hydrogens (primary N) is 1. The average molecular weight is 186 g/mol. The molecule has 0 aliphatic carbocycles. The Labute approximate surface area is 76.5 Å². The fraction of sp³-hybridized carbons (Fsp3) is 0.714. The summed E-state index contributed by atoms with van der Waals surface area (Å²) < 4.78 is 1.77. The molecule has 0 aromatic carbocycles. The van der Waals surface area contributed by atoms with Gasteiger partial charge < -0.3 is 5.73 Å². The van der Waals surface area contributed by atoms with Crippen molar-refractivity contribution in [3.8, 4) is 0 Å². The normalized spacial score (nSPS) is 10.9. The third-order valence-corrected chi connectivity index (χ3v) is 2.41. The predicted octanol–water partition coefficient (Wildman–Crippen LogP) is 1.00. The van der Waals surface area contributed by atoms with E-state index in [0.717, 1.165) is 12.3 Å². The highest BCUT2D eigenvalue weighted by molar-refractivity contribution is 7.99. The van der Waals surface area contributed by atoms with Gasteiger partial charge >= 0.3 is 0 Å². The van der Waals surface area contributed by atoms with Gasteiger partial charge in [0.25, 0.3) is 0 Å². The minimum Gasteiger partial charge on any atom is -0.367 e. The molecule has 0 bridgehead atoms. The van der Waals surface area contributed by atoms with E-state index in [1.54, 1.807) is 11.0 Å². The molecule has 1 aromatic heterocycles. The lowest BCUT2D eigenvalue weighted by Crippen LogP contribution is -2.03. The Morgan fingerprint density at radius 2 is 2.42 bits per heavy atom. The number of aryl methyl sites for hydroxylation is 1. The first kappa shape index (κ1) is 9.38. The zero-order valence-corrected chi connectivity index (χ0v) is 8.21. The van der Waals surface area contributed by atoms with Crippen LogP contribution in [0.25, 0.3) is 0 Å². The summed E-state index contributed by atoms with van der Waals surface area (Å²) >= 11 is 1.91. The van der Waals surface area contributed by atoms with Crippen LogP contribution in [0.15, 0.2) is 6.33 Å². The number of thioether (sulfide) groups is 1. The minimum absolute atomic E-state index is 0.351. The molecule has 0 saturated carbocycles. The van der Waals surface area contributed by atoms with Crippen LogP contribution in [-0.2, 0) is 6.54 Å². The summed E-state index contributed by atoms with van der Waals surface area (Å²) in [6, 6.07) is 0. The molecular formula is C7H14N4S. The van der Waals surface area contributed by atoms with Crippen molar-refractivity contribution in [3.63, 3.8) is 0 Å². The number of hydrogen-bond acceptors (Lipinski definition) is 4. The summed E-state index contributed by atoms with van der Waals surface area (Å²) in [6.45, 7) is 5.24. The molecule has 1 rings (SSSR count). The first-order valence-corrected chi connectivity index (χ1v) is 5.00. The first-order chi connectivity index (χ1) is 5.68. The van der Waals surface area contributed by atoms with Gasteiger partial charge in [0, 0.05) is 5.75 Å². The molecule has 0 spiro atoms. The molecule has 4 nitrogen and oxygen atoms in total. The van der Waals surface area contributed by atoms with Gasteiger partial charge in [-0.2, -0.15) is 11.8 Å². The highest BCUT2D eigenvalue weighted by Gasteiger charge is 1.97. The Hall–Kier alpha value is -0.710. The van der Waals surface area contributed by atoms with Crippen molar-refractivity contribution < 1.29 is 0 Å². The van der Waals surface area contributed by atoms with Crippen molar-refractivity contribution in [2.75, 3.05) is 11.5 Å². The zero-order valence-electron chi connectivity index (χ0n) is 7.40. The van der Waals surface area contributed by atoms with E-state index >= 15 is 0 Å². The summed E-state index contributed by atoms with van der Waals surface area (Å²) in [5.74, 6) is 1.41. The Morgan fingerprint density at radius 3 is 2.92 bits per heavy atom. The number of anilines is 1. The predicted molar refractivity (Wildman–Crippen MR) is 52.0 cm³/mol. The van der Waals surface area contributed by atoms with Crippen molar-refractivity contribution in [2.45, 2.75) is 25.6 Å². The topological polar surface area (TPSA) is 56.7 Å². The van der Waals surface area contributed by atoms with Gasteiger partial charge in [-0.05, 0) is 5.25 Å². The molecule has 68 valence electrons. The lowest BCUT2D eigenvalue weighted by atomic mass is 10.6. The smallest absolute Gasteiger partial charge is 0.239 e. The van der Waals surface area contributed by atoms with E-state index in [9.17, 15) is 0 Å².